The van der Waals surface area contributed by atoms with E-state index < -0.39 is 12.0 Å². The minimum atomic E-state index is -0.948. The molecule has 3 aromatic carbocycles. The first-order valence-corrected chi connectivity index (χ1v) is 9.98. The van der Waals surface area contributed by atoms with Crippen LogP contribution >= 0.6 is 0 Å². The number of halogens is 1. The number of aliphatic carboxylic acids is 1. The lowest BCUT2D eigenvalue weighted by Gasteiger charge is -2.13. The third-order valence-electron chi connectivity index (χ3n) is 5.16. The average Bonchev–Trinajstić information content (AvgIpc) is 3.22. The summed E-state index contributed by atoms with van der Waals surface area (Å²) < 4.78 is 16.4. The van der Waals surface area contributed by atoms with Crippen molar-refractivity contribution in [1.82, 2.24) is 15.1 Å². The van der Waals surface area contributed by atoms with Gasteiger partial charge in [-0.1, -0.05) is 54.6 Å². The number of carboxylic acid groups (broad SMARTS) is 1. The monoisotopic (exact) mass is 415 g/mol. The van der Waals surface area contributed by atoms with Gasteiger partial charge < -0.3 is 10.4 Å². The zero-order valence-corrected chi connectivity index (χ0v) is 17.0. The van der Waals surface area contributed by atoms with E-state index in [-0.39, 0.29) is 12.4 Å². The van der Waals surface area contributed by atoms with Gasteiger partial charge in [0.05, 0.1) is 17.6 Å². The van der Waals surface area contributed by atoms with Gasteiger partial charge in [-0.3, -0.25) is 4.79 Å². The van der Waals surface area contributed by atoms with Crippen molar-refractivity contribution in [2.75, 3.05) is 0 Å². The number of hydrogen-bond donors (Lipinski definition) is 2. The number of carbonyl (C=O) groups is 1. The van der Waals surface area contributed by atoms with Gasteiger partial charge in [-0.15, -0.1) is 0 Å². The first-order valence-electron chi connectivity index (χ1n) is 9.98. The van der Waals surface area contributed by atoms with Crippen LogP contribution in [0.15, 0.2) is 85.1 Å². The van der Waals surface area contributed by atoms with E-state index in [9.17, 15) is 9.18 Å². The SMILES string of the molecule is CC(NCc1cnn(-c2ccc(-c3ccccc3)cc2)c1-c1ccccc1F)C(=O)O. The Morgan fingerprint density at radius 1 is 1.00 bits per heavy atom. The van der Waals surface area contributed by atoms with Gasteiger partial charge in [-0.2, -0.15) is 5.10 Å². The molecule has 1 aromatic heterocycles. The van der Waals surface area contributed by atoms with E-state index in [4.69, 9.17) is 5.11 Å². The van der Waals surface area contributed by atoms with E-state index in [0.717, 1.165) is 16.8 Å². The largest absolute Gasteiger partial charge is 0.480 e. The zero-order valence-electron chi connectivity index (χ0n) is 17.0. The molecule has 156 valence electrons. The maximum absolute atomic E-state index is 14.7. The van der Waals surface area contributed by atoms with Crippen molar-refractivity contribution in [2.24, 2.45) is 0 Å². The van der Waals surface area contributed by atoms with Crippen molar-refractivity contribution < 1.29 is 14.3 Å². The Morgan fingerprint density at radius 3 is 2.32 bits per heavy atom. The molecule has 4 rings (SSSR count). The molecule has 0 fully saturated rings. The molecule has 0 aliphatic heterocycles. The van der Waals surface area contributed by atoms with Gasteiger partial charge in [0, 0.05) is 17.7 Å². The summed E-state index contributed by atoms with van der Waals surface area (Å²) in [5, 5.41) is 16.6. The third kappa shape index (κ3) is 4.39. The van der Waals surface area contributed by atoms with Crippen LogP contribution < -0.4 is 5.32 Å². The van der Waals surface area contributed by atoms with Crippen molar-refractivity contribution in [3.63, 3.8) is 0 Å². The van der Waals surface area contributed by atoms with Gasteiger partial charge in [-0.25, -0.2) is 9.07 Å². The molecular weight excluding hydrogens is 393 g/mol. The quantitative estimate of drug-likeness (QED) is 0.450. The molecule has 4 aromatic rings. The van der Waals surface area contributed by atoms with Gasteiger partial charge in [0.15, 0.2) is 0 Å². The summed E-state index contributed by atoms with van der Waals surface area (Å²) in [6, 6.07) is 23.7. The molecule has 0 saturated heterocycles. The van der Waals surface area contributed by atoms with E-state index >= 15 is 0 Å². The Balaban J connectivity index is 1.74. The fraction of sp³-hybridized carbons (Fsp3) is 0.120. The highest BCUT2D eigenvalue weighted by atomic mass is 19.1. The van der Waals surface area contributed by atoms with Crippen molar-refractivity contribution in [2.45, 2.75) is 19.5 Å². The van der Waals surface area contributed by atoms with E-state index in [2.05, 4.69) is 10.4 Å². The molecule has 0 aliphatic carbocycles. The first kappa shape index (κ1) is 20.5. The fourth-order valence-electron chi connectivity index (χ4n) is 3.42. The Kier molecular flexibility index (Phi) is 5.91. The van der Waals surface area contributed by atoms with Crippen molar-refractivity contribution in [3.8, 4) is 28.1 Å². The number of carboxylic acids is 1. The summed E-state index contributed by atoms with van der Waals surface area (Å²) in [5.41, 5.74) is 4.68. The van der Waals surface area contributed by atoms with Gasteiger partial charge >= 0.3 is 5.97 Å². The van der Waals surface area contributed by atoms with Crippen LogP contribution in [0, 0.1) is 5.82 Å². The predicted octanol–water partition coefficient (Wildman–Crippen LogP) is 4.91. The smallest absolute Gasteiger partial charge is 0.320 e. The lowest BCUT2D eigenvalue weighted by atomic mass is 10.0. The highest BCUT2D eigenvalue weighted by Gasteiger charge is 2.19. The lowest BCUT2D eigenvalue weighted by molar-refractivity contribution is -0.139. The summed E-state index contributed by atoms with van der Waals surface area (Å²) in [4.78, 5) is 11.2. The van der Waals surface area contributed by atoms with E-state index in [1.807, 2.05) is 54.6 Å². The highest BCUT2D eigenvalue weighted by Crippen LogP contribution is 2.30. The van der Waals surface area contributed by atoms with E-state index in [1.165, 1.54) is 6.07 Å². The fourth-order valence-corrected chi connectivity index (χ4v) is 3.42. The Labute approximate surface area is 179 Å². The number of hydrogen-bond acceptors (Lipinski definition) is 3. The molecule has 2 N–H and O–H groups in total. The Morgan fingerprint density at radius 2 is 1.65 bits per heavy atom. The minimum absolute atomic E-state index is 0.249. The number of nitrogens with zero attached hydrogens (tertiary/aromatic N) is 2. The topological polar surface area (TPSA) is 67.2 Å². The number of nitrogens with one attached hydrogen (secondary N) is 1. The van der Waals surface area contributed by atoms with Crippen molar-refractivity contribution in [1.29, 1.82) is 0 Å². The second kappa shape index (κ2) is 8.93. The zero-order chi connectivity index (χ0) is 21.8. The van der Waals surface area contributed by atoms with Crippen molar-refractivity contribution >= 4 is 5.97 Å². The molecule has 0 amide bonds. The van der Waals surface area contributed by atoms with E-state index in [0.29, 0.717) is 16.8 Å². The Hall–Kier alpha value is -3.77. The normalized spacial score (nSPS) is 11.9. The number of rotatable bonds is 7. The molecule has 5 nitrogen and oxygen atoms in total. The molecule has 31 heavy (non-hydrogen) atoms. The van der Waals surface area contributed by atoms with Gasteiger partial charge in [-0.05, 0) is 42.3 Å². The van der Waals surface area contributed by atoms with Crippen LogP contribution in [0.1, 0.15) is 12.5 Å². The van der Waals surface area contributed by atoms with Crippen LogP contribution in [0.5, 0.6) is 0 Å². The van der Waals surface area contributed by atoms with Crippen LogP contribution in [0.3, 0.4) is 0 Å². The van der Waals surface area contributed by atoms with Gasteiger partial charge in [0.2, 0.25) is 0 Å². The molecule has 1 unspecified atom stereocenters. The van der Waals surface area contributed by atoms with Crippen LogP contribution in [-0.4, -0.2) is 26.9 Å². The van der Waals surface area contributed by atoms with Crippen LogP contribution in [0.25, 0.3) is 28.1 Å². The summed E-state index contributed by atoms with van der Waals surface area (Å²) in [5.74, 6) is -1.31. The molecule has 1 atom stereocenters. The molecule has 1 heterocycles. The van der Waals surface area contributed by atoms with Gasteiger partial charge in [0.1, 0.15) is 11.9 Å². The van der Waals surface area contributed by atoms with Crippen LogP contribution in [-0.2, 0) is 11.3 Å². The molecule has 0 saturated carbocycles. The standard InChI is InChI=1S/C25H22FN3O2/c1-17(25(30)31)27-15-20-16-28-29(24(20)22-9-5-6-10-23(22)26)21-13-11-19(12-14-21)18-7-3-2-4-8-18/h2-14,16-17,27H,15H2,1H3,(H,30,31). The minimum Gasteiger partial charge on any atom is -0.480 e. The van der Waals surface area contributed by atoms with Gasteiger partial charge in [0.25, 0.3) is 0 Å². The molecule has 6 heteroatoms. The highest BCUT2D eigenvalue weighted by molar-refractivity contribution is 5.73. The number of benzene rings is 3. The lowest BCUT2D eigenvalue weighted by Crippen LogP contribution is -2.33. The maximum atomic E-state index is 14.7. The predicted molar refractivity (Wildman–Crippen MR) is 118 cm³/mol. The van der Waals surface area contributed by atoms with Crippen LogP contribution in [0.4, 0.5) is 4.39 Å². The van der Waals surface area contributed by atoms with E-state index in [1.54, 1.807) is 36.0 Å². The second-order valence-corrected chi connectivity index (χ2v) is 7.26. The Bertz CT molecular complexity index is 1190. The summed E-state index contributed by atoms with van der Waals surface area (Å²) in [7, 11) is 0. The van der Waals surface area contributed by atoms with Crippen LogP contribution in [0.2, 0.25) is 0 Å². The average molecular weight is 415 g/mol. The maximum Gasteiger partial charge on any atom is 0.320 e. The second-order valence-electron chi connectivity index (χ2n) is 7.26. The third-order valence-corrected chi connectivity index (χ3v) is 5.16. The summed E-state index contributed by atoms with van der Waals surface area (Å²) >= 11 is 0. The molecule has 0 bridgehead atoms. The molecule has 0 aliphatic rings. The summed E-state index contributed by atoms with van der Waals surface area (Å²) in [6.07, 6.45) is 1.65. The summed E-state index contributed by atoms with van der Waals surface area (Å²) in [6.45, 7) is 1.82. The molecular formula is C25H22FN3O2. The molecule has 0 spiro atoms. The molecule has 0 radical (unpaired) electrons. The number of aromatic nitrogens is 2. The first-order chi connectivity index (χ1) is 15.0. The van der Waals surface area contributed by atoms with Crippen molar-refractivity contribution in [3.05, 3.63) is 96.4 Å².